The maximum Gasteiger partial charge on any atom is 0.119 e. The molecule has 0 spiro atoms. The van der Waals surface area contributed by atoms with Crippen molar-refractivity contribution in [2.45, 2.75) is 32.2 Å². The Morgan fingerprint density at radius 1 is 1.18 bits per heavy atom. The van der Waals surface area contributed by atoms with Crippen LogP contribution in [-0.4, -0.2) is 25.9 Å². The van der Waals surface area contributed by atoms with Crippen molar-refractivity contribution >= 4 is 0 Å². The summed E-state index contributed by atoms with van der Waals surface area (Å²) in [5.74, 6) is 0.920. The fraction of sp³-hybridized carbons (Fsp3) is 0.571. The molecule has 0 aliphatic heterocycles. The van der Waals surface area contributed by atoms with Gasteiger partial charge in [-0.2, -0.15) is 0 Å². The van der Waals surface area contributed by atoms with Crippen LogP contribution in [-0.2, 0) is 4.74 Å². The summed E-state index contributed by atoms with van der Waals surface area (Å²) in [7, 11) is 0. The van der Waals surface area contributed by atoms with Gasteiger partial charge in [-0.05, 0) is 31.4 Å². The fourth-order valence-corrected chi connectivity index (χ4v) is 1.51. The van der Waals surface area contributed by atoms with Gasteiger partial charge in [0.25, 0.3) is 0 Å². The molecule has 3 nitrogen and oxygen atoms in total. The molecule has 0 radical (unpaired) electrons. The molecule has 3 heteroatoms. The Morgan fingerprint density at radius 3 is 2.65 bits per heavy atom. The van der Waals surface area contributed by atoms with Gasteiger partial charge in [-0.25, -0.2) is 0 Å². The van der Waals surface area contributed by atoms with Crippen LogP contribution in [0, 0.1) is 0 Å². The zero-order valence-corrected chi connectivity index (χ0v) is 10.6. The number of hydrogen-bond acceptors (Lipinski definition) is 3. The smallest absolute Gasteiger partial charge is 0.119 e. The zero-order valence-electron chi connectivity index (χ0n) is 10.6. The van der Waals surface area contributed by atoms with Crippen molar-refractivity contribution in [1.82, 2.24) is 0 Å². The fourth-order valence-electron chi connectivity index (χ4n) is 1.51. The number of rotatable bonds is 9. The molecule has 2 N–H and O–H groups in total. The lowest BCUT2D eigenvalue weighted by molar-refractivity contribution is 0.117. The van der Waals surface area contributed by atoms with Gasteiger partial charge in [0.05, 0.1) is 13.2 Å². The lowest BCUT2D eigenvalue weighted by atomic mass is 10.2. The lowest BCUT2D eigenvalue weighted by Gasteiger charge is -2.12. The first kappa shape index (κ1) is 14.0. The topological polar surface area (TPSA) is 44.5 Å². The lowest BCUT2D eigenvalue weighted by Crippen LogP contribution is -2.26. The minimum Gasteiger partial charge on any atom is -0.494 e. The van der Waals surface area contributed by atoms with E-state index >= 15 is 0 Å². The largest absolute Gasteiger partial charge is 0.494 e. The average Bonchev–Trinajstić information content (AvgIpc) is 2.36. The minimum absolute atomic E-state index is 0.126. The normalized spacial score (nSPS) is 12.4. The van der Waals surface area contributed by atoms with Crippen molar-refractivity contribution in [1.29, 1.82) is 0 Å². The van der Waals surface area contributed by atoms with Gasteiger partial charge in [0.1, 0.15) is 5.75 Å². The summed E-state index contributed by atoms with van der Waals surface area (Å²) in [4.78, 5) is 0. The molecule has 0 saturated heterocycles. The molecule has 0 amide bonds. The van der Waals surface area contributed by atoms with E-state index < -0.39 is 0 Å². The third kappa shape index (κ3) is 6.97. The molecule has 0 bridgehead atoms. The highest BCUT2D eigenvalue weighted by Gasteiger charge is 2.02. The van der Waals surface area contributed by atoms with Crippen LogP contribution in [0.3, 0.4) is 0 Å². The van der Waals surface area contributed by atoms with Gasteiger partial charge in [-0.15, -0.1) is 0 Å². The zero-order chi connectivity index (χ0) is 12.3. The van der Waals surface area contributed by atoms with Gasteiger partial charge < -0.3 is 15.2 Å². The van der Waals surface area contributed by atoms with Crippen LogP contribution in [0.2, 0.25) is 0 Å². The highest BCUT2D eigenvalue weighted by atomic mass is 16.5. The summed E-state index contributed by atoms with van der Waals surface area (Å²) in [6.45, 7) is 4.26. The highest BCUT2D eigenvalue weighted by molar-refractivity contribution is 5.20. The molecule has 0 aromatic heterocycles. The van der Waals surface area contributed by atoms with E-state index in [-0.39, 0.29) is 6.04 Å². The maximum atomic E-state index is 5.91. The minimum atomic E-state index is 0.126. The second kappa shape index (κ2) is 9.02. The molecule has 1 rings (SSSR count). The predicted molar refractivity (Wildman–Crippen MR) is 70.3 cm³/mol. The summed E-state index contributed by atoms with van der Waals surface area (Å²) in [5.41, 5.74) is 5.91. The van der Waals surface area contributed by atoms with E-state index in [1.54, 1.807) is 0 Å². The van der Waals surface area contributed by atoms with Crippen LogP contribution < -0.4 is 10.5 Å². The Hall–Kier alpha value is -1.06. The molecule has 0 aliphatic rings. The summed E-state index contributed by atoms with van der Waals surface area (Å²) in [6.07, 6.45) is 2.95. The highest BCUT2D eigenvalue weighted by Crippen LogP contribution is 2.09. The van der Waals surface area contributed by atoms with Gasteiger partial charge in [-0.3, -0.25) is 0 Å². The number of hydrogen-bond donors (Lipinski definition) is 1. The molecule has 0 aliphatic carbocycles. The standard InChI is InChI=1S/C14H23NO2/c1-2-10-16-12-13(15)7-6-11-17-14-8-4-3-5-9-14/h3-5,8-9,13H,2,6-7,10-12,15H2,1H3. The van der Waals surface area contributed by atoms with Crippen LogP contribution in [0.4, 0.5) is 0 Å². The van der Waals surface area contributed by atoms with Gasteiger partial charge in [0, 0.05) is 12.6 Å². The van der Waals surface area contributed by atoms with E-state index in [4.69, 9.17) is 15.2 Å². The van der Waals surface area contributed by atoms with Crippen molar-refractivity contribution < 1.29 is 9.47 Å². The summed E-state index contributed by atoms with van der Waals surface area (Å²) in [6, 6.07) is 9.97. The van der Waals surface area contributed by atoms with Gasteiger partial charge in [-0.1, -0.05) is 25.1 Å². The molecule has 1 atom stereocenters. The Kier molecular flexibility index (Phi) is 7.43. The number of benzene rings is 1. The van der Waals surface area contributed by atoms with E-state index in [0.29, 0.717) is 13.2 Å². The Bertz CT molecular complexity index is 277. The SMILES string of the molecule is CCCOCC(N)CCCOc1ccccc1. The van der Waals surface area contributed by atoms with Crippen molar-refractivity contribution in [3.05, 3.63) is 30.3 Å². The molecule has 0 fully saturated rings. The molecule has 0 saturated carbocycles. The molecule has 96 valence electrons. The van der Waals surface area contributed by atoms with E-state index in [9.17, 15) is 0 Å². The average molecular weight is 237 g/mol. The predicted octanol–water partition coefficient (Wildman–Crippen LogP) is 2.60. The summed E-state index contributed by atoms with van der Waals surface area (Å²) >= 11 is 0. The van der Waals surface area contributed by atoms with Crippen LogP contribution in [0.5, 0.6) is 5.75 Å². The second-order valence-corrected chi connectivity index (χ2v) is 4.14. The Balaban J connectivity index is 2.00. The molecular weight excluding hydrogens is 214 g/mol. The first-order valence-electron chi connectivity index (χ1n) is 6.34. The van der Waals surface area contributed by atoms with Crippen molar-refractivity contribution in [2.24, 2.45) is 5.73 Å². The van der Waals surface area contributed by atoms with Gasteiger partial charge >= 0.3 is 0 Å². The first-order chi connectivity index (χ1) is 8.33. The van der Waals surface area contributed by atoms with Crippen LogP contribution in [0.25, 0.3) is 0 Å². The van der Waals surface area contributed by atoms with Crippen LogP contribution in [0.15, 0.2) is 30.3 Å². The number of para-hydroxylation sites is 1. The third-order valence-corrected chi connectivity index (χ3v) is 2.41. The van der Waals surface area contributed by atoms with E-state index in [0.717, 1.165) is 31.6 Å². The maximum absolute atomic E-state index is 5.91. The van der Waals surface area contributed by atoms with Crippen LogP contribution in [0.1, 0.15) is 26.2 Å². The van der Waals surface area contributed by atoms with E-state index in [2.05, 4.69) is 6.92 Å². The molecule has 0 heterocycles. The summed E-state index contributed by atoms with van der Waals surface area (Å²) in [5, 5.41) is 0. The van der Waals surface area contributed by atoms with Gasteiger partial charge in [0.15, 0.2) is 0 Å². The number of ether oxygens (including phenoxy) is 2. The summed E-state index contributed by atoms with van der Waals surface area (Å²) < 4.78 is 11.0. The second-order valence-electron chi connectivity index (χ2n) is 4.14. The Labute approximate surface area is 104 Å². The van der Waals surface area contributed by atoms with Gasteiger partial charge in [0.2, 0.25) is 0 Å². The molecule has 17 heavy (non-hydrogen) atoms. The van der Waals surface area contributed by atoms with Crippen molar-refractivity contribution in [3.8, 4) is 5.75 Å². The van der Waals surface area contributed by atoms with Crippen LogP contribution >= 0.6 is 0 Å². The van der Waals surface area contributed by atoms with E-state index in [1.807, 2.05) is 30.3 Å². The quantitative estimate of drug-likeness (QED) is 0.671. The van der Waals surface area contributed by atoms with Crippen molar-refractivity contribution in [2.75, 3.05) is 19.8 Å². The molecule has 1 aromatic rings. The van der Waals surface area contributed by atoms with Crippen molar-refractivity contribution in [3.63, 3.8) is 0 Å². The third-order valence-electron chi connectivity index (χ3n) is 2.41. The molecular formula is C14H23NO2. The van der Waals surface area contributed by atoms with E-state index in [1.165, 1.54) is 0 Å². The molecule has 1 unspecified atom stereocenters. The monoisotopic (exact) mass is 237 g/mol. The Morgan fingerprint density at radius 2 is 1.94 bits per heavy atom. The first-order valence-corrected chi connectivity index (χ1v) is 6.34. The number of nitrogens with two attached hydrogens (primary N) is 1. The molecule has 1 aromatic carbocycles.